The van der Waals surface area contributed by atoms with Crippen LogP contribution in [0.25, 0.3) is 0 Å². The molecule has 1 heterocycles. The van der Waals surface area contributed by atoms with Crippen LogP contribution in [0, 0.1) is 0 Å². The second-order valence-electron chi connectivity index (χ2n) is 3.10. The number of rotatable bonds is 4. The molecule has 0 aromatic carbocycles. The Hall–Kier alpha value is -1.89. The van der Waals surface area contributed by atoms with E-state index >= 15 is 0 Å². The van der Waals surface area contributed by atoms with E-state index in [0.717, 1.165) is 11.3 Å². The Labute approximate surface area is 102 Å². The van der Waals surface area contributed by atoms with Crippen LogP contribution < -0.4 is 10.6 Å². The number of methoxy groups -OCH3 is 1. The third kappa shape index (κ3) is 4.23. The number of thiophene rings is 1. The lowest BCUT2D eigenvalue weighted by Gasteiger charge is -2.01. The SMILES string of the molecule is COC(=O)CNC(=O)c1ccc(NC(C)=O)s1. The molecular formula is C10H12N2O4S. The first-order chi connectivity index (χ1) is 8.02. The molecule has 0 fully saturated rings. The summed E-state index contributed by atoms with van der Waals surface area (Å²) in [6.07, 6.45) is 0. The van der Waals surface area contributed by atoms with Crippen molar-refractivity contribution in [2.75, 3.05) is 19.0 Å². The summed E-state index contributed by atoms with van der Waals surface area (Å²) in [4.78, 5) is 33.5. The van der Waals surface area contributed by atoms with E-state index in [4.69, 9.17) is 0 Å². The number of ether oxygens (including phenoxy) is 1. The van der Waals surface area contributed by atoms with Gasteiger partial charge in [-0.1, -0.05) is 0 Å². The van der Waals surface area contributed by atoms with Crippen molar-refractivity contribution < 1.29 is 19.1 Å². The van der Waals surface area contributed by atoms with Crippen LogP contribution in [0.2, 0.25) is 0 Å². The third-order valence-electron chi connectivity index (χ3n) is 1.75. The van der Waals surface area contributed by atoms with Gasteiger partial charge in [-0.25, -0.2) is 0 Å². The lowest BCUT2D eigenvalue weighted by atomic mass is 10.4. The summed E-state index contributed by atoms with van der Waals surface area (Å²) in [7, 11) is 1.24. The van der Waals surface area contributed by atoms with Gasteiger partial charge in [0.15, 0.2) is 0 Å². The number of anilines is 1. The van der Waals surface area contributed by atoms with Crippen LogP contribution in [-0.4, -0.2) is 31.4 Å². The lowest BCUT2D eigenvalue weighted by molar-refractivity contribution is -0.139. The van der Waals surface area contributed by atoms with Gasteiger partial charge in [-0.2, -0.15) is 0 Å². The van der Waals surface area contributed by atoms with Crippen LogP contribution in [0.3, 0.4) is 0 Å². The van der Waals surface area contributed by atoms with Crippen molar-refractivity contribution in [1.82, 2.24) is 5.32 Å². The smallest absolute Gasteiger partial charge is 0.325 e. The third-order valence-corrected chi connectivity index (χ3v) is 2.75. The molecule has 0 atom stereocenters. The minimum Gasteiger partial charge on any atom is -0.468 e. The molecule has 0 aliphatic heterocycles. The fraction of sp³-hybridized carbons (Fsp3) is 0.300. The Kier molecular flexibility index (Phi) is 4.65. The van der Waals surface area contributed by atoms with E-state index in [2.05, 4.69) is 15.4 Å². The average Bonchev–Trinajstić information content (AvgIpc) is 2.72. The van der Waals surface area contributed by atoms with Crippen molar-refractivity contribution in [2.45, 2.75) is 6.92 Å². The number of hydrogen-bond donors (Lipinski definition) is 2. The Morgan fingerprint density at radius 1 is 1.35 bits per heavy atom. The molecule has 2 N–H and O–H groups in total. The fourth-order valence-corrected chi connectivity index (χ4v) is 1.88. The zero-order valence-electron chi connectivity index (χ0n) is 9.40. The number of nitrogens with one attached hydrogen (secondary N) is 2. The molecule has 1 aromatic heterocycles. The van der Waals surface area contributed by atoms with Gasteiger partial charge in [0.25, 0.3) is 5.91 Å². The molecule has 1 aromatic rings. The molecule has 0 radical (unpaired) electrons. The van der Waals surface area contributed by atoms with Crippen LogP contribution in [0.15, 0.2) is 12.1 Å². The summed E-state index contributed by atoms with van der Waals surface area (Å²) in [6, 6.07) is 3.20. The van der Waals surface area contributed by atoms with Crippen molar-refractivity contribution in [1.29, 1.82) is 0 Å². The zero-order valence-corrected chi connectivity index (χ0v) is 10.2. The fourth-order valence-electron chi connectivity index (χ4n) is 1.01. The predicted octanol–water partition coefficient (Wildman–Crippen LogP) is 0.609. The maximum atomic E-state index is 11.5. The summed E-state index contributed by atoms with van der Waals surface area (Å²) >= 11 is 1.13. The van der Waals surface area contributed by atoms with E-state index < -0.39 is 5.97 Å². The molecule has 6 nitrogen and oxygen atoms in total. The summed E-state index contributed by atoms with van der Waals surface area (Å²) in [5.41, 5.74) is 0. The molecule has 0 saturated heterocycles. The van der Waals surface area contributed by atoms with Crippen molar-refractivity contribution in [3.63, 3.8) is 0 Å². The average molecular weight is 256 g/mol. The molecule has 7 heteroatoms. The number of carbonyl (C=O) groups is 3. The molecule has 0 unspecified atom stereocenters. The number of carbonyl (C=O) groups excluding carboxylic acids is 3. The quantitative estimate of drug-likeness (QED) is 0.773. The highest BCUT2D eigenvalue weighted by molar-refractivity contribution is 7.18. The highest BCUT2D eigenvalue weighted by atomic mass is 32.1. The molecular weight excluding hydrogens is 244 g/mol. The summed E-state index contributed by atoms with van der Waals surface area (Å²) < 4.78 is 4.39. The topological polar surface area (TPSA) is 84.5 Å². The van der Waals surface area contributed by atoms with Crippen LogP contribution in [-0.2, 0) is 14.3 Å². The maximum Gasteiger partial charge on any atom is 0.325 e. The Bertz CT molecular complexity index is 441. The molecule has 0 aliphatic rings. The first-order valence-corrected chi connectivity index (χ1v) is 5.57. The minimum atomic E-state index is -0.517. The molecule has 0 spiro atoms. The van der Waals surface area contributed by atoms with Gasteiger partial charge < -0.3 is 15.4 Å². The first kappa shape index (κ1) is 13.2. The normalized spacial score (nSPS) is 9.53. The van der Waals surface area contributed by atoms with Crippen LogP contribution in [0.5, 0.6) is 0 Å². The van der Waals surface area contributed by atoms with E-state index in [9.17, 15) is 14.4 Å². The molecule has 92 valence electrons. The summed E-state index contributed by atoms with van der Waals surface area (Å²) in [5, 5.41) is 5.55. The second kappa shape index (κ2) is 6.00. The van der Waals surface area contributed by atoms with Crippen LogP contribution in [0.4, 0.5) is 5.00 Å². The van der Waals surface area contributed by atoms with Crippen molar-refractivity contribution in [3.05, 3.63) is 17.0 Å². The van der Waals surface area contributed by atoms with E-state index in [0.29, 0.717) is 9.88 Å². The van der Waals surface area contributed by atoms with Crippen molar-refractivity contribution >= 4 is 34.1 Å². The lowest BCUT2D eigenvalue weighted by Crippen LogP contribution is -2.29. The Morgan fingerprint density at radius 3 is 2.65 bits per heavy atom. The zero-order chi connectivity index (χ0) is 12.8. The first-order valence-electron chi connectivity index (χ1n) is 4.75. The van der Waals surface area contributed by atoms with Crippen LogP contribution >= 0.6 is 11.3 Å². The van der Waals surface area contributed by atoms with Gasteiger partial charge in [-0.15, -0.1) is 11.3 Å². The van der Waals surface area contributed by atoms with Gasteiger partial charge in [-0.05, 0) is 12.1 Å². The van der Waals surface area contributed by atoms with Gasteiger partial charge in [-0.3, -0.25) is 14.4 Å². The van der Waals surface area contributed by atoms with Crippen molar-refractivity contribution in [2.24, 2.45) is 0 Å². The van der Waals surface area contributed by atoms with Gasteiger partial charge in [0.05, 0.1) is 17.0 Å². The minimum absolute atomic E-state index is 0.178. The number of hydrogen-bond acceptors (Lipinski definition) is 5. The number of amides is 2. The summed E-state index contributed by atoms with van der Waals surface area (Å²) in [6.45, 7) is 1.21. The molecule has 0 bridgehead atoms. The van der Waals surface area contributed by atoms with E-state index in [1.165, 1.54) is 14.0 Å². The predicted molar refractivity (Wildman–Crippen MR) is 63.0 cm³/mol. The van der Waals surface area contributed by atoms with E-state index in [1.54, 1.807) is 12.1 Å². The molecule has 17 heavy (non-hydrogen) atoms. The monoisotopic (exact) mass is 256 g/mol. The highest BCUT2D eigenvalue weighted by Crippen LogP contribution is 2.21. The number of esters is 1. The molecule has 0 aliphatic carbocycles. The molecule has 0 saturated carbocycles. The van der Waals surface area contributed by atoms with Gasteiger partial charge >= 0.3 is 5.97 Å². The Morgan fingerprint density at radius 2 is 2.06 bits per heavy atom. The van der Waals surface area contributed by atoms with Crippen molar-refractivity contribution in [3.8, 4) is 0 Å². The molecule has 1 rings (SSSR count). The van der Waals surface area contributed by atoms with Crippen LogP contribution in [0.1, 0.15) is 16.6 Å². The van der Waals surface area contributed by atoms with Gasteiger partial charge in [0.1, 0.15) is 6.54 Å². The largest absolute Gasteiger partial charge is 0.468 e. The van der Waals surface area contributed by atoms with Gasteiger partial charge in [0, 0.05) is 6.92 Å². The maximum absolute atomic E-state index is 11.5. The Balaban J connectivity index is 2.54. The molecule has 2 amide bonds. The highest BCUT2D eigenvalue weighted by Gasteiger charge is 2.11. The van der Waals surface area contributed by atoms with E-state index in [1.807, 2.05) is 0 Å². The van der Waals surface area contributed by atoms with Gasteiger partial charge in [0.2, 0.25) is 5.91 Å². The second-order valence-corrected chi connectivity index (χ2v) is 4.19. The van der Waals surface area contributed by atoms with E-state index in [-0.39, 0.29) is 18.4 Å². The summed E-state index contributed by atoms with van der Waals surface area (Å²) in [5.74, 6) is -1.10. The standard InChI is InChI=1S/C10H12N2O4S/c1-6(13)12-8-4-3-7(17-8)10(15)11-5-9(14)16-2/h3-4H,5H2,1-2H3,(H,11,15)(H,12,13).